The topological polar surface area (TPSA) is 110 Å². The fraction of sp³-hybridized carbons (Fsp3) is 0.167. The van der Waals surface area contributed by atoms with Gasteiger partial charge in [-0.15, -0.1) is 0 Å². The number of carboxylic acids is 1. The summed E-state index contributed by atoms with van der Waals surface area (Å²) < 4.78 is 16.8. The van der Waals surface area contributed by atoms with E-state index in [1.54, 1.807) is 30.3 Å². The summed E-state index contributed by atoms with van der Waals surface area (Å²) in [5.74, 6) is -2.26. The standard InChI is InChI=1S/C18H17NO6S/c1-25-18(23)14-4-2-3-5-15(14)19-16(20)11-26(24)10-12-6-8-13(9-7-12)17(21)22/h2-9H,10-11H2,1H3,(H,19,20)(H,21,22). The lowest BCUT2D eigenvalue weighted by Gasteiger charge is -2.09. The minimum absolute atomic E-state index is 0.117. The zero-order valence-electron chi connectivity index (χ0n) is 13.9. The van der Waals surface area contributed by atoms with Crippen LogP contribution in [0.4, 0.5) is 5.69 Å². The third-order valence-corrected chi connectivity index (χ3v) is 4.67. The Balaban J connectivity index is 1.96. The molecule has 2 N–H and O–H groups in total. The number of esters is 1. The number of hydrogen-bond acceptors (Lipinski definition) is 5. The lowest BCUT2D eigenvalue weighted by molar-refractivity contribution is -0.113. The molecule has 26 heavy (non-hydrogen) atoms. The predicted molar refractivity (Wildman–Crippen MR) is 96.5 cm³/mol. The zero-order valence-corrected chi connectivity index (χ0v) is 14.7. The molecule has 2 aromatic rings. The van der Waals surface area contributed by atoms with Gasteiger partial charge >= 0.3 is 11.9 Å². The molecule has 1 amide bonds. The van der Waals surface area contributed by atoms with Gasteiger partial charge in [0, 0.05) is 16.6 Å². The maximum atomic E-state index is 12.1. The third kappa shape index (κ3) is 5.25. The summed E-state index contributed by atoms with van der Waals surface area (Å²) in [6.45, 7) is 0. The number of carboxylic acid groups (broad SMARTS) is 1. The first kappa shape index (κ1) is 19.3. The van der Waals surface area contributed by atoms with Crippen LogP contribution in [0.3, 0.4) is 0 Å². The van der Waals surface area contributed by atoms with Crippen LogP contribution >= 0.6 is 0 Å². The molecule has 0 radical (unpaired) electrons. The van der Waals surface area contributed by atoms with Gasteiger partial charge in [-0.2, -0.15) is 0 Å². The van der Waals surface area contributed by atoms with E-state index in [1.807, 2.05) is 0 Å². The Kier molecular flexibility index (Phi) is 6.62. The van der Waals surface area contributed by atoms with E-state index in [1.165, 1.54) is 25.3 Å². The lowest BCUT2D eigenvalue weighted by atomic mass is 10.1. The molecule has 2 aromatic carbocycles. The molecule has 0 aromatic heterocycles. The Labute approximate surface area is 152 Å². The SMILES string of the molecule is COC(=O)c1ccccc1NC(=O)CS(=O)Cc1ccc(C(=O)O)cc1. The maximum Gasteiger partial charge on any atom is 0.339 e. The smallest absolute Gasteiger partial charge is 0.339 e. The fourth-order valence-electron chi connectivity index (χ4n) is 2.19. The molecule has 0 spiro atoms. The average Bonchev–Trinajstić information content (AvgIpc) is 2.61. The first-order valence-corrected chi connectivity index (χ1v) is 9.04. The highest BCUT2D eigenvalue weighted by Gasteiger charge is 2.15. The number of rotatable bonds is 7. The lowest BCUT2D eigenvalue weighted by Crippen LogP contribution is -2.21. The van der Waals surface area contributed by atoms with E-state index in [4.69, 9.17) is 5.11 Å². The molecule has 8 heteroatoms. The predicted octanol–water partition coefficient (Wildman–Crippen LogP) is 2.06. The molecular weight excluding hydrogens is 358 g/mol. The number of para-hydroxylation sites is 1. The molecule has 0 saturated heterocycles. The van der Waals surface area contributed by atoms with Crippen LogP contribution in [0.25, 0.3) is 0 Å². The monoisotopic (exact) mass is 375 g/mol. The number of nitrogens with one attached hydrogen (secondary N) is 1. The second-order valence-electron chi connectivity index (χ2n) is 5.32. The molecule has 136 valence electrons. The minimum Gasteiger partial charge on any atom is -0.478 e. The van der Waals surface area contributed by atoms with Crippen LogP contribution in [0.1, 0.15) is 26.3 Å². The number of benzene rings is 2. The Bertz CT molecular complexity index is 847. The molecule has 0 bridgehead atoms. The Morgan fingerprint density at radius 3 is 2.35 bits per heavy atom. The van der Waals surface area contributed by atoms with Crippen molar-refractivity contribution in [2.24, 2.45) is 0 Å². The van der Waals surface area contributed by atoms with Gasteiger partial charge in [-0.25, -0.2) is 9.59 Å². The van der Waals surface area contributed by atoms with Gasteiger partial charge in [0.25, 0.3) is 0 Å². The van der Waals surface area contributed by atoms with Crippen LogP contribution in [0.5, 0.6) is 0 Å². The molecule has 0 aliphatic heterocycles. The second-order valence-corrected chi connectivity index (χ2v) is 6.77. The Morgan fingerprint density at radius 1 is 1.08 bits per heavy atom. The largest absolute Gasteiger partial charge is 0.478 e. The average molecular weight is 375 g/mol. The van der Waals surface area contributed by atoms with E-state index in [2.05, 4.69) is 10.1 Å². The quantitative estimate of drug-likeness (QED) is 0.717. The second kappa shape index (κ2) is 8.91. The van der Waals surface area contributed by atoms with Gasteiger partial charge in [-0.05, 0) is 29.8 Å². The number of carbonyl (C=O) groups is 3. The van der Waals surface area contributed by atoms with E-state index in [9.17, 15) is 18.6 Å². The maximum absolute atomic E-state index is 12.1. The van der Waals surface area contributed by atoms with Crippen LogP contribution in [-0.2, 0) is 26.1 Å². The van der Waals surface area contributed by atoms with Crippen molar-refractivity contribution in [3.63, 3.8) is 0 Å². The summed E-state index contributed by atoms with van der Waals surface area (Å²) in [7, 11) is -0.245. The minimum atomic E-state index is -1.49. The van der Waals surface area contributed by atoms with Crippen LogP contribution in [0, 0.1) is 0 Å². The first-order chi connectivity index (χ1) is 12.4. The van der Waals surface area contributed by atoms with Gasteiger partial charge < -0.3 is 15.2 Å². The fourth-order valence-corrected chi connectivity index (χ4v) is 3.22. The Morgan fingerprint density at radius 2 is 1.73 bits per heavy atom. The molecule has 7 nitrogen and oxygen atoms in total. The third-order valence-electron chi connectivity index (χ3n) is 3.43. The molecular formula is C18H17NO6S. The van der Waals surface area contributed by atoms with Gasteiger partial charge in [0.2, 0.25) is 5.91 Å². The van der Waals surface area contributed by atoms with E-state index in [-0.39, 0.29) is 28.3 Å². The molecule has 2 rings (SSSR count). The van der Waals surface area contributed by atoms with Crippen molar-refractivity contribution in [1.29, 1.82) is 0 Å². The van der Waals surface area contributed by atoms with Gasteiger partial charge in [0.15, 0.2) is 0 Å². The van der Waals surface area contributed by atoms with Crippen molar-refractivity contribution in [2.45, 2.75) is 5.75 Å². The molecule has 0 fully saturated rings. The summed E-state index contributed by atoms with van der Waals surface area (Å²) in [6.07, 6.45) is 0. The Hall–Kier alpha value is -3.00. The van der Waals surface area contributed by atoms with Crippen molar-refractivity contribution in [1.82, 2.24) is 0 Å². The highest BCUT2D eigenvalue weighted by molar-refractivity contribution is 7.84. The number of anilines is 1. The molecule has 0 aliphatic carbocycles. The normalized spacial score (nSPS) is 11.4. The molecule has 0 aliphatic rings. The van der Waals surface area contributed by atoms with Gasteiger partial charge in [0.1, 0.15) is 5.75 Å². The van der Waals surface area contributed by atoms with Crippen molar-refractivity contribution >= 4 is 34.3 Å². The summed E-state index contributed by atoms with van der Waals surface area (Å²) >= 11 is 0. The van der Waals surface area contributed by atoms with Crippen LogP contribution in [0.2, 0.25) is 0 Å². The van der Waals surface area contributed by atoms with Crippen LogP contribution < -0.4 is 5.32 Å². The number of ether oxygens (including phenoxy) is 1. The molecule has 0 saturated carbocycles. The zero-order chi connectivity index (χ0) is 19.1. The van der Waals surface area contributed by atoms with Crippen LogP contribution in [-0.4, -0.2) is 40.0 Å². The van der Waals surface area contributed by atoms with Crippen molar-refractivity contribution in [2.75, 3.05) is 18.2 Å². The van der Waals surface area contributed by atoms with Crippen LogP contribution in [0.15, 0.2) is 48.5 Å². The molecule has 1 atom stereocenters. The number of aromatic carboxylic acids is 1. The van der Waals surface area contributed by atoms with Gasteiger partial charge in [0.05, 0.1) is 23.9 Å². The summed E-state index contributed by atoms with van der Waals surface area (Å²) in [4.78, 5) is 34.6. The summed E-state index contributed by atoms with van der Waals surface area (Å²) in [6, 6.07) is 12.3. The number of methoxy groups -OCH3 is 1. The molecule has 0 heterocycles. The van der Waals surface area contributed by atoms with E-state index in [0.717, 1.165) is 0 Å². The molecule has 1 unspecified atom stereocenters. The first-order valence-electron chi connectivity index (χ1n) is 7.55. The van der Waals surface area contributed by atoms with E-state index in [0.29, 0.717) is 5.56 Å². The highest BCUT2D eigenvalue weighted by atomic mass is 32.2. The number of carbonyl (C=O) groups excluding carboxylic acids is 2. The van der Waals surface area contributed by atoms with Gasteiger partial charge in [-0.3, -0.25) is 9.00 Å². The number of hydrogen-bond donors (Lipinski definition) is 2. The van der Waals surface area contributed by atoms with E-state index >= 15 is 0 Å². The van der Waals surface area contributed by atoms with E-state index < -0.39 is 28.6 Å². The summed E-state index contributed by atoms with van der Waals surface area (Å²) in [5.41, 5.74) is 1.29. The van der Waals surface area contributed by atoms with Gasteiger partial charge in [-0.1, -0.05) is 24.3 Å². The van der Waals surface area contributed by atoms with Crippen molar-refractivity contribution < 1.29 is 28.4 Å². The number of amides is 1. The van der Waals surface area contributed by atoms with Crippen molar-refractivity contribution in [3.05, 3.63) is 65.2 Å². The van der Waals surface area contributed by atoms with Crippen molar-refractivity contribution in [3.8, 4) is 0 Å². The summed E-state index contributed by atoms with van der Waals surface area (Å²) in [5, 5.41) is 11.4. The highest BCUT2D eigenvalue weighted by Crippen LogP contribution is 2.16.